The van der Waals surface area contributed by atoms with Crippen LogP contribution >= 0.6 is 0 Å². The summed E-state index contributed by atoms with van der Waals surface area (Å²) in [5, 5.41) is 11.9. The molecule has 2 rings (SSSR count). The molecule has 8 nitrogen and oxygen atoms in total. The number of nitrogens with zero attached hydrogens (tertiary/aromatic N) is 2. The molecular formula is C15H25N3O5. The Bertz CT molecular complexity index is 448. The Morgan fingerprint density at radius 1 is 1.26 bits per heavy atom. The number of amides is 3. The van der Waals surface area contributed by atoms with Crippen LogP contribution in [0.5, 0.6) is 0 Å². The number of carboxylic acids is 1. The maximum atomic E-state index is 12.3. The van der Waals surface area contributed by atoms with Crippen LogP contribution in [0.4, 0.5) is 4.79 Å². The van der Waals surface area contributed by atoms with E-state index in [1.807, 2.05) is 0 Å². The molecule has 0 aromatic heterocycles. The average molecular weight is 327 g/mol. The molecule has 2 N–H and O–H groups in total. The monoisotopic (exact) mass is 327 g/mol. The number of nitrogens with one attached hydrogen (secondary N) is 1. The second-order valence-electron chi connectivity index (χ2n) is 6.13. The molecule has 130 valence electrons. The van der Waals surface area contributed by atoms with Gasteiger partial charge in [-0.1, -0.05) is 0 Å². The molecule has 2 fully saturated rings. The predicted octanol–water partition coefficient (Wildman–Crippen LogP) is 0.130. The summed E-state index contributed by atoms with van der Waals surface area (Å²) in [5.74, 6) is -1.13. The molecule has 1 aliphatic heterocycles. The maximum Gasteiger partial charge on any atom is 0.318 e. The van der Waals surface area contributed by atoms with Gasteiger partial charge < -0.3 is 25.0 Å². The van der Waals surface area contributed by atoms with Crippen molar-refractivity contribution in [2.75, 3.05) is 39.9 Å². The third kappa shape index (κ3) is 4.82. The first-order valence-electron chi connectivity index (χ1n) is 8.06. The zero-order valence-corrected chi connectivity index (χ0v) is 13.5. The fourth-order valence-electron chi connectivity index (χ4n) is 3.07. The summed E-state index contributed by atoms with van der Waals surface area (Å²) in [4.78, 5) is 38.4. The number of carbonyl (C=O) groups is 3. The number of hydrogen-bond donors (Lipinski definition) is 2. The van der Waals surface area contributed by atoms with E-state index in [0.717, 1.165) is 0 Å². The minimum Gasteiger partial charge on any atom is -0.481 e. The number of urea groups is 1. The molecule has 2 aliphatic rings. The summed E-state index contributed by atoms with van der Waals surface area (Å²) in [7, 11) is 1.59. The number of hydrogen-bond acceptors (Lipinski definition) is 4. The first kappa shape index (κ1) is 17.5. The van der Waals surface area contributed by atoms with Crippen LogP contribution in [0.25, 0.3) is 0 Å². The van der Waals surface area contributed by atoms with Crippen LogP contribution in [-0.4, -0.2) is 78.8 Å². The van der Waals surface area contributed by atoms with E-state index >= 15 is 0 Å². The molecule has 8 heteroatoms. The number of methoxy groups -OCH3 is 1. The Labute approximate surface area is 135 Å². The molecule has 0 aromatic carbocycles. The number of rotatable bonds is 5. The van der Waals surface area contributed by atoms with Crippen molar-refractivity contribution in [2.24, 2.45) is 5.92 Å². The summed E-state index contributed by atoms with van der Waals surface area (Å²) in [6.07, 6.45) is 2.52. The first-order chi connectivity index (χ1) is 11.0. The third-order valence-corrected chi connectivity index (χ3v) is 4.58. The third-order valence-electron chi connectivity index (χ3n) is 4.58. The first-order valence-corrected chi connectivity index (χ1v) is 8.06. The van der Waals surface area contributed by atoms with E-state index in [4.69, 9.17) is 9.84 Å². The fourth-order valence-corrected chi connectivity index (χ4v) is 3.07. The van der Waals surface area contributed by atoms with Gasteiger partial charge in [-0.3, -0.25) is 9.59 Å². The van der Waals surface area contributed by atoms with Crippen molar-refractivity contribution in [1.82, 2.24) is 15.1 Å². The van der Waals surface area contributed by atoms with Crippen LogP contribution in [0.2, 0.25) is 0 Å². The SMILES string of the molecule is COCCN1CCN(C(=O)NC2CCC(C(=O)O)CC2)CC1=O. The fraction of sp³-hybridized carbons (Fsp3) is 0.800. The Balaban J connectivity index is 1.75. The molecule has 3 amide bonds. The standard InChI is InChI=1S/C15H25N3O5/c1-23-9-8-17-6-7-18(10-13(17)19)15(22)16-12-4-2-11(3-5-12)14(20)21/h11-12H,2-10H2,1H3,(H,16,22)(H,20,21). The normalized spacial score (nSPS) is 25.3. The summed E-state index contributed by atoms with van der Waals surface area (Å²) in [5.41, 5.74) is 0. The largest absolute Gasteiger partial charge is 0.481 e. The minimum atomic E-state index is -0.757. The molecule has 0 spiro atoms. The van der Waals surface area contributed by atoms with Gasteiger partial charge in [0.1, 0.15) is 6.54 Å². The summed E-state index contributed by atoms with van der Waals surface area (Å²) < 4.78 is 4.96. The van der Waals surface area contributed by atoms with Crippen molar-refractivity contribution in [3.63, 3.8) is 0 Å². The highest BCUT2D eigenvalue weighted by Gasteiger charge is 2.30. The van der Waals surface area contributed by atoms with Crippen molar-refractivity contribution in [3.05, 3.63) is 0 Å². The molecular weight excluding hydrogens is 302 g/mol. The lowest BCUT2D eigenvalue weighted by Crippen LogP contribution is -2.56. The van der Waals surface area contributed by atoms with Crippen molar-refractivity contribution in [2.45, 2.75) is 31.7 Å². The van der Waals surface area contributed by atoms with E-state index in [0.29, 0.717) is 51.9 Å². The maximum absolute atomic E-state index is 12.3. The van der Waals surface area contributed by atoms with Crippen molar-refractivity contribution in [3.8, 4) is 0 Å². The smallest absolute Gasteiger partial charge is 0.318 e. The van der Waals surface area contributed by atoms with Gasteiger partial charge in [0.2, 0.25) is 5.91 Å². The van der Waals surface area contributed by atoms with Crippen LogP contribution < -0.4 is 5.32 Å². The van der Waals surface area contributed by atoms with Crippen molar-refractivity contribution >= 4 is 17.9 Å². The molecule has 0 unspecified atom stereocenters. The lowest BCUT2D eigenvalue weighted by molar-refractivity contribution is -0.143. The zero-order valence-electron chi connectivity index (χ0n) is 13.5. The number of piperazine rings is 1. The zero-order chi connectivity index (χ0) is 16.8. The topological polar surface area (TPSA) is 99.2 Å². The highest BCUT2D eigenvalue weighted by atomic mass is 16.5. The van der Waals surface area contributed by atoms with E-state index < -0.39 is 5.97 Å². The van der Waals surface area contributed by atoms with Gasteiger partial charge in [0.05, 0.1) is 12.5 Å². The van der Waals surface area contributed by atoms with Gasteiger partial charge in [-0.15, -0.1) is 0 Å². The average Bonchev–Trinajstić information content (AvgIpc) is 2.54. The van der Waals surface area contributed by atoms with Crippen molar-refractivity contribution < 1.29 is 24.2 Å². The Kier molecular flexibility index (Phi) is 6.20. The molecule has 0 atom stereocenters. The van der Waals surface area contributed by atoms with E-state index in [1.165, 1.54) is 4.90 Å². The number of carbonyl (C=O) groups excluding carboxylic acids is 2. The summed E-state index contributed by atoms with van der Waals surface area (Å²) in [6, 6.07) is -0.233. The second kappa shape index (κ2) is 8.14. The Hall–Kier alpha value is -1.83. The number of aliphatic carboxylic acids is 1. The van der Waals surface area contributed by atoms with Gasteiger partial charge in [0, 0.05) is 32.8 Å². The van der Waals surface area contributed by atoms with Gasteiger partial charge in [-0.05, 0) is 25.7 Å². The quantitative estimate of drug-likeness (QED) is 0.748. The van der Waals surface area contributed by atoms with E-state index in [9.17, 15) is 14.4 Å². The van der Waals surface area contributed by atoms with Crippen LogP contribution in [-0.2, 0) is 14.3 Å². The molecule has 1 saturated heterocycles. The lowest BCUT2D eigenvalue weighted by Gasteiger charge is -2.35. The molecule has 1 heterocycles. The molecule has 0 bridgehead atoms. The van der Waals surface area contributed by atoms with Gasteiger partial charge in [0.15, 0.2) is 0 Å². The van der Waals surface area contributed by atoms with E-state index in [1.54, 1.807) is 12.0 Å². The lowest BCUT2D eigenvalue weighted by atomic mass is 9.86. The number of ether oxygens (including phenoxy) is 1. The van der Waals surface area contributed by atoms with Gasteiger partial charge in [-0.25, -0.2) is 4.79 Å². The molecule has 1 aliphatic carbocycles. The summed E-state index contributed by atoms with van der Waals surface area (Å²) >= 11 is 0. The Morgan fingerprint density at radius 2 is 1.96 bits per heavy atom. The molecule has 1 saturated carbocycles. The van der Waals surface area contributed by atoms with Gasteiger partial charge in [0.25, 0.3) is 0 Å². The predicted molar refractivity (Wildman–Crippen MR) is 81.9 cm³/mol. The van der Waals surface area contributed by atoms with Gasteiger partial charge >= 0.3 is 12.0 Å². The Morgan fingerprint density at radius 3 is 2.52 bits per heavy atom. The molecule has 0 radical (unpaired) electrons. The van der Waals surface area contributed by atoms with Crippen molar-refractivity contribution in [1.29, 1.82) is 0 Å². The molecule has 0 aromatic rings. The van der Waals surface area contributed by atoms with Crippen LogP contribution in [0.3, 0.4) is 0 Å². The highest BCUT2D eigenvalue weighted by Crippen LogP contribution is 2.24. The van der Waals surface area contributed by atoms with Crippen LogP contribution in [0.1, 0.15) is 25.7 Å². The van der Waals surface area contributed by atoms with Crippen LogP contribution in [0.15, 0.2) is 0 Å². The van der Waals surface area contributed by atoms with E-state index in [-0.39, 0.29) is 30.4 Å². The minimum absolute atomic E-state index is 0.000256. The van der Waals surface area contributed by atoms with Gasteiger partial charge in [-0.2, -0.15) is 0 Å². The second-order valence-corrected chi connectivity index (χ2v) is 6.13. The van der Waals surface area contributed by atoms with E-state index in [2.05, 4.69) is 5.32 Å². The van der Waals surface area contributed by atoms with Crippen LogP contribution in [0, 0.1) is 5.92 Å². The molecule has 23 heavy (non-hydrogen) atoms. The number of carboxylic acid groups (broad SMARTS) is 1. The summed E-state index contributed by atoms with van der Waals surface area (Å²) in [6.45, 7) is 2.14. The highest BCUT2D eigenvalue weighted by molar-refractivity contribution is 5.85.